The van der Waals surface area contributed by atoms with Gasteiger partial charge in [0.2, 0.25) is 5.95 Å². The van der Waals surface area contributed by atoms with Gasteiger partial charge in [-0.25, -0.2) is 9.97 Å². The lowest BCUT2D eigenvalue weighted by Crippen LogP contribution is -2.16. The van der Waals surface area contributed by atoms with Crippen molar-refractivity contribution in [2.24, 2.45) is 0 Å². The van der Waals surface area contributed by atoms with Gasteiger partial charge in [-0.1, -0.05) is 6.92 Å². The standard InChI is InChI=1S/C11H14N4O/c1-3-7(2)14-11-13-6-8-9(15-11)4-5-12-10(8)16/h4-7H,3H2,1-2H3,(H,12,16)(H,13,14,15). The molecule has 0 amide bonds. The lowest BCUT2D eigenvalue weighted by molar-refractivity contribution is 0.754. The predicted molar refractivity (Wildman–Crippen MR) is 63.5 cm³/mol. The number of rotatable bonds is 3. The van der Waals surface area contributed by atoms with Gasteiger partial charge in [0.1, 0.15) is 0 Å². The van der Waals surface area contributed by atoms with Gasteiger partial charge in [0.25, 0.3) is 5.56 Å². The zero-order valence-corrected chi connectivity index (χ0v) is 9.32. The zero-order chi connectivity index (χ0) is 11.5. The van der Waals surface area contributed by atoms with Crippen LogP contribution in [0.15, 0.2) is 23.3 Å². The molecule has 2 heterocycles. The average Bonchev–Trinajstić information content (AvgIpc) is 2.29. The van der Waals surface area contributed by atoms with Gasteiger partial charge in [0, 0.05) is 18.4 Å². The Bertz CT molecular complexity index is 549. The molecule has 1 atom stereocenters. The molecule has 16 heavy (non-hydrogen) atoms. The summed E-state index contributed by atoms with van der Waals surface area (Å²) in [4.78, 5) is 22.4. The van der Waals surface area contributed by atoms with Gasteiger partial charge in [0.15, 0.2) is 0 Å². The molecule has 1 unspecified atom stereocenters. The number of nitrogens with one attached hydrogen (secondary N) is 2. The van der Waals surface area contributed by atoms with E-state index in [1.807, 2.05) is 0 Å². The van der Waals surface area contributed by atoms with Crippen LogP contribution >= 0.6 is 0 Å². The molecule has 0 saturated carbocycles. The van der Waals surface area contributed by atoms with Gasteiger partial charge >= 0.3 is 0 Å². The fraction of sp³-hybridized carbons (Fsp3) is 0.364. The van der Waals surface area contributed by atoms with Crippen molar-refractivity contribution in [3.8, 4) is 0 Å². The highest BCUT2D eigenvalue weighted by Gasteiger charge is 2.04. The molecule has 5 nitrogen and oxygen atoms in total. The maximum absolute atomic E-state index is 11.4. The normalized spacial score (nSPS) is 12.6. The lowest BCUT2D eigenvalue weighted by atomic mass is 10.3. The van der Waals surface area contributed by atoms with E-state index in [-0.39, 0.29) is 5.56 Å². The van der Waals surface area contributed by atoms with E-state index in [4.69, 9.17) is 0 Å². The van der Waals surface area contributed by atoms with Crippen LogP contribution in [-0.2, 0) is 0 Å². The van der Waals surface area contributed by atoms with Crippen LogP contribution in [0.1, 0.15) is 20.3 Å². The summed E-state index contributed by atoms with van der Waals surface area (Å²) in [7, 11) is 0. The Balaban J connectivity index is 2.41. The van der Waals surface area contributed by atoms with Crippen LogP contribution < -0.4 is 10.9 Å². The number of anilines is 1. The molecule has 0 radical (unpaired) electrons. The maximum atomic E-state index is 11.4. The SMILES string of the molecule is CCC(C)Nc1ncc2c(=O)[nH]ccc2n1. The number of hydrogen-bond donors (Lipinski definition) is 2. The van der Waals surface area contributed by atoms with Crippen molar-refractivity contribution in [3.05, 3.63) is 28.8 Å². The second kappa shape index (κ2) is 4.30. The number of nitrogens with zero attached hydrogens (tertiary/aromatic N) is 2. The van der Waals surface area contributed by atoms with Crippen LogP contribution in [0.5, 0.6) is 0 Å². The highest BCUT2D eigenvalue weighted by atomic mass is 16.1. The number of aromatic nitrogens is 3. The fourth-order valence-corrected chi connectivity index (χ4v) is 1.36. The number of fused-ring (bicyclic) bond motifs is 1. The summed E-state index contributed by atoms with van der Waals surface area (Å²) in [5, 5.41) is 3.68. The Hall–Kier alpha value is -1.91. The number of aromatic amines is 1. The summed E-state index contributed by atoms with van der Waals surface area (Å²) in [5.41, 5.74) is 0.497. The molecule has 0 aliphatic carbocycles. The molecule has 0 aromatic carbocycles. The summed E-state index contributed by atoms with van der Waals surface area (Å²) < 4.78 is 0. The molecule has 2 aromatic rings. The maximum Gasteiger partial charge on any atom is 0.258 e. The molecular formula is C11H14N4O. The van der Waals surface area contributed by atoms with Crippen molar-refractivity contribution in [2.75, 3.05) is 5.32 Å². The summed E-state index contributed by atoms with van der Waals surface area (Å²) in [5.74, 6) is 0.562. The van der Waals surface area contributed by atoms with Gasteiger partial charge in [-0.05, 0) is 19.4 Å². The smallest absolute Gasteiger partial charge is 0.258 e. The third-order valence-electron chi connectivity index (χ3n) is 2.51. The fourth-order valence-electron chi connectivity index (χ4n) is 1.36. The van der Waals surface area contributed by atoms with Crippen molar-refractivity contribution in [1.82, 2.24) is 15.0 Å². The monoisotopic (exact) mass is 218 g/mol. The lowest BCUT2D eigenvalue weighted by Gasteiger charge is -2.10. The Morgan fingerprint density at radius 3 is 3.12 bits per heavy atom. The Kier molecular flexibility index (Phi) is 2.85. The van der Waals surface area contributed by atoms with E-state index in [1.165, 1.54) is 0 Å². The summed E-state index contributed by atoms with van der Waals surface area (Å²) in [6.07, 6.45) is 4.13. The molecule has 2 N–H and O–H groups in total. The first kappa shape index (κ1) is 10.6. The van der Waals surface area contributed by atoms with E-state index in [0.29, 0.717) is 22.9 Å². The van der Waals surface area contributed by atoms with Crippen molar-refractivity contribution in [3.63, 3.8) is 0 Å². The molecule has 0 fully saturated rings. The van der Waals surface area contributed by atoms with Crippen molar-refractivity contribution >= 4 is 16.9 Å². The van der Waals surface area contributed by atoms with E-state index in [0.717, 1.165) is 6.42 Å². The first-order chi connectivity index (χ1) is 7.70. The molecular weight excluding hydrogens is 204 g/mol. The average molecular weight is 218 g/mol. The summed E-state index contributed by atoms with van der Waals surface area (Å²) in [6, 6.07) is 2.08. The number of hydrogen-bond acceptors (Lipinski definition) is 4. The molecule has 2 rings (SSSR count). The molecule has 84 valence electrons. The van der Waals surface area contributed by atoms with Crippen molar-refractivity contribution in [2.45, 2.75) is 26.3 Å². The van der Waals surface area contributed by atoms with Crippen LogP contribution in [0.2, 0.25) is 0 Å². The minimum absolute atomic E-state index is 0.160. The molecule has 0 aliphatic rings. The van der Waals surface area contributed by atoms with Crippen LogP contribution in [0.3, 0.4) is 0 Å². The van der Waals surface area contributed by atoms with E-state index >= 15 is 0 Å². The van der Waals surface area contributed by atoms with Crippen LogP contribution in [-0.4, -0.2) is 21.0 Å². The quantitative estimate of drug-likeness (QED) is 0.819. The summed E-state index contributed by atoms with van der Waals surface area (Å²) in [6.45, 7) is 4.15. The number of H-pyrrole nitrogens is 1. The zero-order valence-electron chi connectivity index (χ0n) is 9.32. The first-order valence-electron chi connectivity index (χ1n) is 5.31. The Morgan fingerprint density at radius 1 is 1.56 bits per heavy atom. The molecule has 0 aliphatic heterocycles. The van der Waals surface area contributed by atoms with Gasteiger partial charge in [0.05, 0.1) is 10.9 Å². The highest BCUT2D eigenvalue weighted by molar-refractivity contribution is 5.77. The topological polar surface area (TPSA) is 70.7 Å². The largest absolute Gasteiger partial charge is 0.352 e. The van der Waals surface area contributed by atoms with Crippen LogP contribution in [0, 0.1) is 0 Å². The third kappa shape index (κ3) is 2.03. The van der Waals surface area contributed by atoms with E-state index in [9.17, 15) is 4.79 Å². The van der Waals surface area contributed by atoms with Crippen LogP contribution in [0.4, 0.5) is 5.95 Å². The first-order valence-corrected chi connectivity index (χ1v) is 5.31. The second-order valence-electron chi connectivity index (χ2n) is 3.75. The molecule has 0 spiro atoms. The Morgan fingerprint density at radius 2 is 2.38 bits per heavy atom. The third-order valence-corrected chi connectivity index (χ3v) is 2.51. The molecule has 2 aromatic heterocycles. The second-order valence-corrected chi connectivity index (χ2v) is 3.75. The highest BCUT2D eigenvalue weighted by Crippen LogP contribution is 2.08. The van der Waals surface area contributed by atoms with Crippen LogP contribution in [0.25, 0.3) is 10.9 Å². The predicted octanol–water partition coefficient (Wildman–Crippen LogP) is 1.53. The van der Waals surface area contributed by atoms with E-state index in [2.05, 4.69) is 34.1 Å². The van der Waals surface area contributed by atoms with Gasteiger partial charge in [-0.3, -0.25) is 4.79 Å². The summed E-state index contributed by atoms with van der Waals surface area (Å²) >= 11 is 0. The minimum Gasteiger partial charge on any atom is -0.352 e. The van der Waals surface area contributed by atoms with Crippen molar-refractivity contribution in [1.29, 1.82) is 0 Å². The molecule has 5 heteroatoms. The van der Waals surface area contributed by atoms with Gasteiger partial charge in [-0.2, -0.15) is 0 Å². The van der Waals surface area contributed by atoms with Gasteiger partial charge in [-0.15, -0.1) is 0 Å². The van der Waals surface area contributed by atoms with E-state index < -0.39 is 0 Å². The number of pyridine rings is 1. The Labute approximate surface area is 92.9 Å². The molecule has 0 saturated heterocycles. The minimum atomic E-state index is -0.160. The van der Waals surface area contributed by atoms with Crippen molar-refractivity contribution < 1.29 is 0 Å². The van der Waals surface area contributed by atoms with Gasteiger partial charge < -0.3 is 10.3 Å². The molecule has 0 bridgehead atoms. The van der Waals surface area contributed by atoms with E-state index in [1.54, 1.807) is 18.5 Å².